The van der Waals surface area contributed by atoms with Crippen LogP contribution in [0, 0.1) is 0 Å². The Bertz CT molecular complexity index is 1220. The van der Waals surface area contributed by atoms with Crippen LogP contribution in [0.1, 0.15) is 40.1 Å². The predicted molar refractivity (Wildman–Crippen MR) is 122 cm³/mol. The highest BCUT2D eigenvalue weighted by Gasteiger charge is 2.31. The minimum atomic E-state index is -0.789. The Balaban J connectivity index is 1.56. The number of ether oxygens (including phenoxy) is 4. The fourth-order valence-corrected chi connectivity index (χ4v) is 3.81. The van der Waals surface area contributed by atoms with Crippen LogP contribution in [0.3, 0.4) is 0 Å². The van der Waals surface area contributed by atoms with Crippen molar-refractivity contribution in [2.45, 2.75) is 19.9 Å². The molecule has 0 fully saturated rings. The van der Waals surface area contributed by atoms with Gasteiger partial charge in [0.1, 0.15) is 19.8 Å². The highest BCUT2D eigenvalue weighted by molar-refractivity contribution is 6.14. The maximum absolute atomic E-state index is 13.2. The van der Waals surface area contributed by atoms with Gasteiger partial charge in [0.05, 0.1) is 29.5 Å². The Hall–Kier alpha value is -4.34. The zero-order valence-corrected chi connectivity index (χ0v) is 19.2. The van der Waals surface area contributed by atoms with Crippen molar-refractivity contribution in [2.24, 2.45) is 0 Å². The van der Waals surface area contributed by atoms with Crippen molar-refractivity contribution in [1.29, 1.82) is 0 Å². The van der Waals surface area contributed by atoms with E-state index in [0.717, 1.165) is 0 Å². The molecule has 0 saturated heterocycles. The summed E-state index contributed by atoms with van der Waals surface area (Å²) in [5.41, 5.74) is 0.764. The quantitative estimate of drug-likeness (QED) is 0.457. The Labute approximate surface area is 201 Å². The zero-order valence-electron chi connectivity index (χ0n) is 19.2. The Kier molecular flexibility index (Phi) is 7.00. The summed E-state index contributed by atoms with van der Waals surface area (Å²) in [7, 11) is 0. The van der Waals surface area contributed by atoms with Crippen LogP contribution in [0.25, 0.3) is 0 Å². The van der Waals surface area contributed by atoms with Gasteiger partial charge in [0.2, 0.25) is 0 Å². The minimum Gasteiger partial charge on any atom is -0.486 e. The van der Waals surface area contributed by atoms with E-state index in [1.807, 2.05) is 0 Å². The summed E-state index contributed by atoms with van der Waals surface area (Å²) in [4.78, 5) is 50.5. The number of carbonyl (C=O) groups is 4. The molecule has 1 atom stereocenters. The second-order valence-corrected chi connectivity index (χ2v) is 7.74. The fourth-order valence-electron chi connectivity index (χ4n) is 3.81. The molecule has 10 heteroatoms. The topological polar surface area (TPSA) is 129 Å². The molecule has 2 amide bonds. The van der Waals surface area contributed by atoms with Crippen LogP contribution in [0.15, 0.2) is 53.7 Å². The number of hydrogen-bond acceptors (Lipinski definition) is 8. The number of rotatable bonds is 7. The van der Waals surface area contributed by atoms with Crippen LogP contribution >= 0.6 is 0 Å². The number of urea groups is 1. The molecule has 0 aliphatic carbocycles. The van der Waals surface area contributed by atoms with Gasteiger partial charge in [0, 0.05) is 11.1 Å². The van der Waals surface area contributed by atoms with E-state index in [9.17, 15) is 19.2 Å². The summed E-state index contributed by atoms with van der Waals surface area (Å²) in [6, 6.07) is 9.87. The molecule has 2 aliphatic heterocycles. The molecule has 0 unspecified atom stereocenters. The molecule has 2 aliphatic rings. The van der Waals surface area contributed by atoms with E-state index in [1.54, 1.807) is 44.2 Å². The highest BCUT2D eigenvalue weighted by Crippen LogP contribution is 2.31. The van der Waals surface area contributed by atoms with Crippen LogP contribution in [-0.2, 0) is 14.3 Å². The van der Waals surface area contributed by atoms with Gasteiger partial charge in [-0.25, -0.2) is 14.4 Å². The maximum atomic E-state index is 13.2. The first-order chi connectivity index (χ1) is 16.9. The summed E-state index contributed by atoms with van der Waals surface area (Å²) >= 11 is 0. The first kappa shape index (κ1) is 23.8. The van der Waals surface area contributed by atoms with E-state index in [0.29, 0.717) is 30.3 Å². The lowest BCUT2D eigenvalue weighted by Crippen LogP contribution is -2.50. The normalized spacial score (nSPS) is 16.6. The number of ketones is 1. The molecule has 0 radical (unpaired) electrons. The molecule has 2 aromatic carbocycles. The van der Waals surface area contributed by atoms with Crippen molar-refractivity contribution in [1.82, 2.24) is 10.6 Å². The van der Waals surface area contributed by atoms with Gasteiger partial charge in [-0.15, -0.1) is 0 Å². The second kappa shape index (κ2) is 10.3. The van der Waals surface area contributed by atoms with E-state index in [2.05, 4.69) is 10.6 Å². The van der Waals surface area contributed by atoms with Crippen LogP contribution in [0.5, 0.6) is 11.5 Å². The SMILES string of the molecule is CCOC(=O)C1=C(COC(=O)c2ccccc2C(=O)c2ccc3c(c2)OCCO3)NC(=O)N[C@@H]1C. The van der Waals surface area contributed by atoms with Gasteiger partial charge in [-0.3, -0.25) is 4.79 Å². The van der Waals surface area contributed by atoms with Gasteiger partial charge in [-0.2, -0.15) is 0 Å². The number of amides is 2. The third-order valence-electron chi connectivity index (χ3n) is 5.41. The third-order valence-corrected chi connectivity index (χ3v) is 5.41. The molecule has 0 aromatic heterocycles. The molecule has 35 heavy (non-hydrogen) atoms. The van der Waals surface area contributed by atoms with E-state index >= 15 is 0 Å². The Morgan fingerprint density at radius 1 is 0.971 bits per heavy atom. The van der Waals surface area contributed by atoms with Crippen molar-refractivity contribution in [2.75, 3.05) is 26.4 Å². The monoisotopic (exact) mass is 480 g/mol. The molecule has 0 bridgehead atoms. The first-order valence-electron chi connectivity index (χ1n) is 11.1. The zero-order chi connectivity index (χ0) is 24.9. The summed E-state index contributed by atoms with van der Waals surface area (Å²) in [6.45, 7) is 3.84. The summed E-state index contributed by atoms with van der Waals surface area (Å²) in [5.74, 6) is -0.819. The van der Waals surface area contributed by atoms with Gasteiger partial charge >= 0.3 is 18.0 Å². The van der Waals surface area contributed by atoms with Gasteiger partial charge in [-0.1, -0.05) is 18.2 Å². The van der Waals surface area contributed by atoms with Crippen LogP contribution in [0.2, 0.25) is 0 Å². The van der Waals surface area contributed by atoms with Crippen molar-refractivity contribution in [3.63, 3.8) is 0 Å². The molecule has 2 N–H and O–H groups in total. The van der Waals surface area contributed by atoms with E-state index in [1.165, 1.54) is 12.1 Å². The minimum absolute atomic E-state index is 0.0407. The molecule has 2 aromatic rings. The standard InChI is InChI=1S/C25H24N2O8/c1-3-32-24(30)21-14(2)26-25(31)27-18(21)13-35-23(29)17-7-5-4-6-16(17)22(28)15-8-9-19-20(12-15)34-11-10-33-19/h4-9,12,14H,3,10-11,13H2,1-2H3,(H2,26,27,31)/t14-/m1/s1. The number of carbonyl (C=O) groups excluding carboxylic acids is 4. The molecule has 10 nitrogen and oxygen atoms in total. The highest BCUT2D eigenvalue weighted by atomic mass is 16.6. The molecular weight excluding hydrogens is 456 g/mol. The maximum Gasteiger partial charge on any atom is 0.339 e. The van der Waals surface area contributed by atoms with E-state index in [4.69, 9.17) is 18.9 Å². The first-order valence-corrected chi connectivity index (χ1v) is 11.1. The largest absolute Gasteiger partial charge is 0.486 e. The summed E-state index contributed by atoms with van der Waals surface area (Å²) in [6.07, 6.45) is 0. The average Bonchev–Trinajstić information content (AvgIpc) is 2.86. The number of nitrogens with one attached hydrogen (secondary N) is 2. The van der Waals surface area contributed by atoms with Crippen molar-refractivity contribution >= 4 is 23.8 Å². The second-order valence-electron chi connectivity index (χ2n) is 7.74. The number of hydrogen-bond donors (Lipinski definition) is 2. The van der Waals surface area contributed by atoms with Gasteiger partial charge in [0.25, 0.3) is 0 Å². The molecule has 4 rings (SSSR count). The van der Waals surface area contributed by atoms with E-state index < -0.39 is 36.4 Å². The summed E-state index contributed by atoms with van der Waals surface area (Å²) in [5, 5.41) is 5.06. The van der Waals surface area contributed by atoms with E-state index in [-0.39, 0.29) is 29.0 Å². The lowest BCUT2D eigenvalue weighted by Gasteiger charge is -2.26. The lowest BCUT2D eigenvalue weighted by atomic mass is 9.98. The Morgan fingerprint density at radius 2 is 1.69 bits per heavy atom. The molecule has 182 valence electrons. The molecule has 0 saturated carbocycles. The number of fused-ring (bicyclic) bond motifs is 1. The molecular formula is C25H24N2O8. The van der Waals surface area contributed by atoms with Gasteiger partial charge in [0.15, 0.2) is 17.3 Å². The van der Waals surface area contributed by atoms with Crippen molar-refractivity contribution < 1.29 is 38.1 Å². The van der Waals surface area contributed by atoms with Crippen LogP contribution in [0.4, 0.5) is 4.79 Å². The predicted octanol–water partition coefficient (Wildman–Crippen LogP) is 2.36. The van der Waals surface area contributed by atoms with Crippen molar-refractivity contribution in [3.05, 3.63) is 70.4 Å². The fraction of sp³-hybridized carbons (Fsp3) is 0.280. The van der Waals surface area contributed by atoms with Crippen LogP contribution in [-0.4, -0.2) is 56.2 Å². The van der Waals surface area contributed by atoms with Gasteiger partial charge < -0.3 is 29.6 Å². The number of esters is 2. The lowest BCUT2D eigenvalue weighted by molar-refractivity contribution is -0.139. The average molecular weight is 480 g/mol. The molecule has 2 heterocycles. The van der Waals surface area contributed by atoms with Gasteiger partial charge in [-0.05, 0) is 38.1 Å². The summed E-state index contributed by atoms with van der Waals surface area (Å²) < 4.78 is 21.5. The molecule has 0 spiro atoms. The third kappa shape index (κ3) is 5.11. The Morgan fingerprint density at radius 3 is 2.43 bits per heavy atom. The van der Waals surface area contributed by atoms with Crippen molar-refractivity contribution in [3.8, 4) is 11.5 Å². The smallest absolute Gasteiger partial charge is 0.339 e. The van der Waals surface area contributed by atoms with Crippen LogP contribution < -0.4 is 20.1 Å². The number of benzene rings is 2.